The number of amides is 1. The smallest absolute Gasteiger partial charge is 0.264 e. The van der Waals surface area contributed by atoms with Gasteiger partial charge < -0.3 is 4.57 Å². The molecule has 0 fully saturated rings. The largest absolute Gasteiger partial charge is 0.318 e. The Hall–Kier alpha value is -3.69. The summed E-state index contributed by atoms with van der Waals surface area (Å²) in [6.07, 6.45) is 1.57. The van der Waals surface area contributed by atoms with Crippen LogP contribution >= 0.6 is 15.9 Å². The number of hydrogen-bond donors (Lipinski definition) is 1. The lowest BCUT2D eigenvalue weighted by atomic mass is 10.2. The normalized spacial score (nSPS) is 11.6. The second-order valence-corrected chi connectivity index (χ2v) is 11.3. The first-order valence-corrected chi connectivity index (χ1v) is 13.8. The molecule has 0 saturated carbocycles. The summed E-state index contributed by atoms with van der Waals surface area (Å²) in [6, 6.07) is 24.9. The molecule has 1 N–H and O–H groups in total. The summed E-state index contributed by atoms with van der Waals surface area (Å²) >= 11 is 3.36. The van der Waals surface area contributed by atoms with Crippen LogP contribution in [-0.2, 0) is 14.8 Å². The van der Waals surface area contributed by atoms with E-state index in [-0.39, 0.29) is 4.90 Å². The van der Waals surface area contributed by atoms with Crippen molar-refractivity contribution in [2.24, 2.45) is 5.10 Å². The van der Waals surface area contributed by atoms with Gasteiger partial charge in [0.25, 0.3) is 15.9 Å². The van der Waals surface area contributed by atoms with Crippen LogP contribution in [0.1, 0.15) is 22.5 Å². The Labute approximate surface area is 225 Å². The maximum Gasteiger partial charge on any atom is 0.264 e. The second kappa shape index (κ2) is 11.1. The Kier molecular flexibility index (Phi) is 7.94. The number of sulfonamides is 1. The molecule has 0 saturated heterocycles. The number of nitrogens with zero attached hydrogens (tertiary/aromatic N) is 3. The van der Waals surface area contributed by atoms with E-state index in [2.05, 4.69) is 50.1 Å². The van der Waals surface area contributed by atoms with E-state index >= 15 is 0 Å². The second-order valence-electron chi connectivity index (χ2n) is 8.54. The van der Waals surface area contributed by atoms with Gasteiger partial charge in [-0.25, -0.2) is 13.8 Å². The molecular weight excluding hydrogens is 552 g/mol. The van der Waals surface area contributed by atoms with Crippen molar-refractivity contribution >= 4 is 43.8 Å². The summed E-state index contributed by atoms with van der Waals surface area (Å²) in [5, 5.41) is 4.12. The number of carbonyl (C=O) groups is 1. The zero-order valence-electron chi connectivity index (χ0n) is 20.7. The van der Waals surface area contributed by atoms with E-state index in [0.717, 1.165) is 37.0 Å². The van der Waals surface area contributed by atoms with Crippen molar-refractivity contribution in [2.45, 2.75) is 25.7 Å². The Morgan fingerprint density at radius 1 is 0.973 bits per heavy atom. The van der Waals surface area contributed by atoms with Gasteiger partial charge in [0.05, 0.1) is 16.8 Å². The molecule has 3 aromatic carbocycles. The number of benzene rings is 3. The molecule has 37 heavy (non-hydrogen) atoms. The van der Waals surface area contributed by atoms with Crippen LogP contribution < -0.4 is 9.73 Å². The fourth-order valence-electron chi connectivity index (χ4n) is 4.09. The molecule has 9 heteroatoms. The third kappa shape index (κ3) is 5.84. The number of hydrazone groups is 1. The van der Waals surface area contributed by atoms with Crippen molar-refractivity contribution in [1.82, 2.24) is 9.99 Å². The molecular formula is C28H27BrN4O3S. The summed E-state index contributed by atoms with van der Waals surface area (Å²) in [5.74, 6) is -0.564. The van der Waals surface area contributed by atoms with Crippen LogP contribution in [0.3, 0.4) is 0 Å². The van der Waals surface area contributed by atoms with Crippen LogP contribution in [0.4, 0.5) is 5.69 Å². The molecule has 190 valence electrons. The van der Waals surface area contributed by atoms with Crippen molar-refractivity contribution < 1.29 is 13.2 Å². The SMILES string of the molecule is Cc1ccccc1-n1c(C)cc(/C=N/NC(=O)CN(c2ccc(Br)cc2)S(=O)(=O)c2ccccc2)c1C. The molecule has 0 spiro atoms. The highest BCUT2D eigenvalue weighted by atomic mass is 79.9. The third-order valence-corrected chi connectivity index (χ3v) is 8.27. The number of para-hydroxylation sites is 1. The summed E-state index contributed by atoms with van der Waals surface area (Å²) in [4.78, 5) is 12.9. The fourth-order valence-corrected chi connectivity index (χ4v) is 5.79. The Bertz CT molecular complexity index is 1550. The maximum absolute atomic E-state index is 13.4. The predicted molar refractivity (Wildman–Crippen MR) is 151 cm³/mol. The van der Waals surface area contributed by atoms with Crippen LogP contribution in [0.15, 0.2) is 99.4 Å². The molecule has 0 aliphatic carbocycles. The molecule has 4 rings (SSSR count). The molecule has 0 radical (unpaired) electrons. The lowest BCUT2D eigenvalue weighted by molar-refractivity contribution is -0.119. The van der Waals surface area contributed by atoms with E-state index in [9.17, 15) is 13.2 Å². The van der Waals surface area contributed by atoms with Gasteiger partial charge >= 0.3 is 0 Å². The van der Waals surface area contributed by atoms with Gasteiger partial charge in [0, 0.05) is 27.1 Å². The van der Waals surface area contributed by atoms with E-state index in [0.29, 0.717) is 5.69 Å². The van der Waals surface area contributed by atoms with Gasteiger partial charge in [0.1, 0.15) is 6.54 Å². The predicted octanol–water partition coefficient (Wildman–Crippen LogP) is 5.51. The Morgan fingerprint density at radius 3 is 2.30 bits per heavy atom. The van der Waals surface area contributed by atoms with Crippen molar-refractivity contribution in [2.75, 3.05) is 10.8 Å². The molecule has 7 nitrogen and oxygen atoms in total. The van der Waals surface area contributed by atoms with Gasteiger partial charge in [0.15, 0.2) is 0 Å². The Morgan fingerprint density at radius 2 is 1.62 bits per heavy atom. The standard InChI is InChI=1S/C28H27BrN4O3S/c1-20-9-7-8-12-27(20)33-21(2)17-23(22(33)3)18-30-31-28(34)19-32(25-15-13-24(29)14-16-25)37(35,36)26-10-5-4-6-11-26/h4-18H,19H2,1-3H3,(H,31,34)/b30-18+. The number of halogens is 1. The van der Waals surface area contributed by atoms with Crippen LogP contribution in [0.5, 0.6) is 0 Å². The molecule has 0 bridgehead atoms. The minimum absolute atomic E-state index is 0.0952. The van der Waals surface area contributed by atoms with E-state index in [4.69, 9.17) is 0 Å². The van der Waals surface area contributed by atoms with Gasteiger partial charge in [-0.2, -0.15) is 5.10 Å². The molecule has 1 heterocycles. The van der Waals surface area contributed by atoms with E-state index < -0.39 is 22.5 Å². The van der Waals surface area contributed by atoms with Crippen LogP contribution in [0.2, 0.25) is 0 Å². The summed E-state index contributed by atoms with van der Waals surface area (Å²) in [6.45, 7) is 5.63. The fraction of sp³-hybridized carbons (Fsp3) is 0.143. The molecule has 1 amide bonds. The lowest BCUT2D eigenvalue weighted by Gasteiger charge is -2.23. The highest BCUT2D eigenvalue weighted by Crippen LogP contribution is 2.25. The zero-order valence-corrected chi connectivity index (χ0v) is 23.1. The number of aryl methyl sites for hydroxylation is 2. The highest BCUT2D eigenvalue weighted by molar-refractivity contribution is 9.10. The number of aromatic nitrogens is 1. The minimum Gasteiger partial charge on any atom is -0.318 e. The average molecular weight is 580 g/mol. The number of carbonyl (C=O) groups excluding carboxylic acids is 1. The van der Waals surface area contributed by atoms with Gasteiger partial charge in [0.2, 0.25) is 0 Å². The van der Waals surface area contributed by atoms with Crippen molar-refractivity contribution in [3.05, 3.63) is 112 Å². The maximum atomic E-state index is 13.4. The third-order valence-electron chi connectivity index (χ3n) is 5.95. The van der Waals surface area contributed by atoms with Crippen molar-refractivity contribution in [3.8, 4) is 5.69 Å². The molecule has 0 atom stereocenters. The van der Waals surface area contributed by atoms with E-state index in [1.165, 1.54) is 12.1 Å². The van der Waals surface area contributed by atoms with Gasteiger partial charge in [-0.1, -0.05) is 52.3 Å². The van der Waals surface area contributed by atoms with E-state index in [1.54, 1.807) is 48.7 Å². The van der Waals surface area contributed by atoms with Gasteiger partial charge in [-0.15, -0.1) is 0 Å². The summed E-state index contributed by atoms with van der Waals surface area (Å²) in [5.41, 5.74) is 7.94. The molecule has 0 aliphatic heterocycles. The molecule has 0 aliphatic rings. The van der Waals surface area contributed by atoms with Crippen LogP contribution in [-0.4, -0.2) is 31.7 Å². The summed E-state index contributed by atoms with van der Waals surface area (Å²) < 4.78 is 30.8. The van der Waals surface area contributed by atoms with Gasteiger partial charge in [-0.3, -0.25) is 9.10 Å². The number of anilines is 1. The summed E-state index contributed by atoms with van der Waals surface area (Å²) in [7, 11) is -3.98. The monoisotopic (exact) mass is 578 g/mol. The van der Waals surface area contributed by atoms with Crippen molar-refractivity contribution in [3.63, 3.8) is 0 Å². The first kappa shape index (κ1) is 26.4. The number of hydrogen-bond acceptors (Lipinski definition) is 4. The Balaban J connectivity index is 1.55. The molecule has 1 aromatic heterocycles. The molecule has 4 aromatic rings. The number of rotatable bonds is 8. The lowest BCUT2D eigenvalue weighted by Crippen LogP contribution is -2.39. The van der Waals surface area contributed by atoms with Gasteiger partial charge in [-0.05, 0) is 74.9 Å². The number of nitrogens with one attached hydrogen (secondary N) is 1. The first-order valence-electron chi connectivity index (χ1n) is 11.6. The topological polar surface area (TPSA) is 83.8 Å². The minimum atomic E-state index is -3.98. The van der Waals surface area contributed by atoms with Crippen LogP contribution in [0.25, 0.3) is 5.69 Å². The van der Waals surface area contributed by atoms with E-state index in [1.807, 2.05) is 32.0 Å². The first-order chi connectivity index (χ1) is 17.7. The quantitative estimate of drug-likeness (QED) is 0.221. The average Bonchev–Trinajstić information content (AvgIpc) is 3.16. The van der Waals surface area contributed by atoms with Crippen LogP contribution in [0, 0.1) is 20.8 Å². The highest BCUT2D eigenvalue weighted by Gasteiger charge is 2.27. The molecule has 0 unspecified atom stereocenters. The van der Waals surface area contributed by atoms with Crippen molar-refractivity contribution in [1.29, 1.82) is 0 Å². The zero-order chi connectivity index (χ0) is 26.6.